The Labute approximate surface area is 178 Å². The maximum absolute atomic E-state index is 13.2. The Balaban J connectivity index is 1.53. The van der Waals surface area contributed by atoms with Gasteiger partial charge < -0.3 is 19.7 Å². The Kier molecular flexibility index (Phi) is 6.29. The van der Waals surface area contributed by atoms with Gasteiger partial charge in [0, 0.05) is 25.2 Å². The van der Waals surface area contributed by atoms with Crippen molar-refractivity contribution < 1.29 is 19.1 Å². The van der Waals surface area contributed by atoms with E-state index in [1.807, 2.05) is 32.0 Å². The highest BCUT2D eigenvalue weighted by Crippen LogP contribution is 2.39. The van der Waals surface area contributed by atoms with Gasteiger partial charge in [-0.2, -0.15) is 0 Å². The number of amides is 2. The molecule has 7 nitrogen and oxygen atoms in total. The summed E-state index contributed by atoms with van der Waals surface area (Å²) in [7, 11) is 0. The molecule has 0 atom stereocenters. The van der Waals surface area contributed by atoms with Gasteiger partial charge in [-0.1, -0.05) is 12.1 Å². The highest BCUT2D eigenvalue weighted by Gasteiger charge is 2.44. The first-order valence-electron chi connectivity index (χ1n) is 11.1. The first kappa shape index (κ1) is 21.1. The number of hydrogen-bond donors (Lipinski definition) is 1. The second kappa shape index (κ2) is 8.94. The number of morpholine rings is 1. The Morgan fingerprint density at radius 1 is 1.20 bits per heavy atom. The molecule has 3 aliphatic rings. The summed E-state index contributed by atoms with van der Waals surface area (Å²) in [6, 6.07) is 8.00. The van der Waals surface area contributed by atoms with E-state index >= 15 is 0 Å². The summed E-state index contributed by atoms with van der Waals surface area (Å²) in [6.07, 6.45) is 3.81. The SMILES string of the molecule is CC(C)NC(=O)CN1CC2(CCC(N3CCOCC3)CC2)Oc2ccccc2C1=O. The standard InChI is InChI=1S/C23H33N3O4/c1-17(2)24-21(27)15-26-16-23(30-20-6-4-3-5-19(20)22(26)28)9-7-18(8-10-23)25-11-13-29-14-12-25/h3-6,17-18H,7-16H2,1-2H3,(H,24,27). The van der Waals surface area contributed by atoms with E-state index in [1.165, 1.54) is 0 Å². The lowest BCUT2D eigenvalue weighted by atomic mass is 9.80. The van der Waals surface area contributed by atoms with E-state index in [0.29, 0.717) is 23.9 Å². The Bertz CT molecular complexity index is 767. The van der Waals surface area contributed by atoms with Gasteiger partial charge in [0.25, 0.3) is 5.91 Å². The summed E-state index contributed by atoms with van der Waals surface area (Å²) >= 11 is 0. The van der Waals surface area contributed by atoms with Crippen molar-refractivity contribution in [1.82, 2.24) is 15.1 Å². The number of carbonyl (C=O) groups is 2. The third kappa shape index (κ3) is 4.62. The van der Waals surface area contributed by atoms with Gasteiger partial charge in [0.05, 0.1) is 25.3 Å². The molecule has 164 valence electrons. The van der Waals surface area contributed by atoms with Crippen LogP contribution < -0.4 is 10.1 Å². The summed E-state index contributed by atoms with van der Waals surface area (Å²) in [5.41, 5.74) is 0.102. The maximum atomic E-state index is 13.2. The monoisotopic (exact) mass is 415 g/mol. The Morgan fingerprint density at radius 3 is 2.60 bits per heavy atom. The predicted octanol–water partition coefficient (Wildman–Crippen LogP) is 2.06. The van der Waals surface area contributed by atoms with Gasteiger partial charge in [0.15, 0.2) is 0 Å². The van der Waals surface area contributed by atoms with Crippen LogP contribution in [0.1, 0.15) is 49.9 Å². The van der Waals surface area contributed by atoms with Crippen molar-refractivity contribution in [3.63, 3.8) is 0 Å². The molecule has 4 rings (SSSR count). The van der Waals surface area contributed by atoms with Crippen molar-refractivity contribution in [3.8, 4) is 5.75 Å². The number of ether oxygens (including phenoxy) is 2. The molecule has 1 aromatic rings. The highest BCUT2D eigenvalue weighted by atomic mass is 16.5. The zero-order valence-corrected chi connectivity index (χ0v) is 18.1. The topological polar surface area (TPSA) is 71.1 Å². The van der Waals surface area contributed by atoms with Crippen LogP contribution in [0.25, 0.3) is 0 Å². The van der Waals surface area contributed by atoms with Gasteiger partial charge in [0.2, 0.25) is 5.91 Å². The molecule has 0 aromatic heterocycles. The van der Waals surface area contributed by atoms with Crippen molar-refractivity contribution in [1.29, 1.82) is 0 Å². The second-order valence-corrected chi connectivity index (χ2v) is 9.04. The molecule has 1 saturated heterocycles. The first-order chi connectivity index (χ1) is 14.5. The lowest BCUT2D eigenvalue weighted by Crippen LogP contribution is -2.54. The quantitative estimate of drug-likeness (QED) is 0.815. The fourth-order valence-electron chi connectivity index (χ4n) is 4.95. The molecule has 0 radical (unpaired) electrons. The summed E-state index contributed by atoms with van der Waals surface area (Å²) in [5.74, 6) is 0.380. The Hall–Kier alpha value is -2.12. The first-order valence-corrected chi connectivity index (χ1v) is 11.1. The third-order valence-electron chi connectivity index (χ3n) is 6.42. The van der Waals surface area contributed by atoms with Crippen LogP contribution in [0.15, 0.2) is 24.3 Å². The summed E-state index contributed by atoms with van der Waals surface area (Å²) < 4.78 is 12.0. The van der Waals surface area contributed by atoms with Crippen LogP contribution in [-0.4, -0.2) is 78.7 Å². The molecule has 1 N–H and O–H groups in total. The Morgan fingerprint density at radius 2 is 1.90 bits per heavy atom. The van der Waals surface area contributed by atoms with Crippen LogP contribution >= 0.6 is 0 Å². The smallest absolute Gasteiger partial charge is 0.258 e. The molecular formula is C23H33N3O4. The van der Waals surface area contributed by atoms with Crippen molar-refractivity contribution in [2.24, 2.45) is 0 Å². The molecule has 2 aliphatic heterocycles. The van der Waals surface area contributed by atoms with E-state index in [2.05, 4.69) is 10.2 Å². The van der Waals surface area contributed by atoms with E-state index in [1.54, 1.807) is 11.0 Å². The van der Waals surface area contributed by atoms with Gasteiger partial charge in [-0.15, -0.1) is 0 Å². The average molecular weight is 416 g/mol. The zero-order valence-electron chi connectivity index (χ0n) is 18.1. The fraction of sp³-hybridized carbons (Fsp3) is 0.652. The van der Waals surface area contributed by atoms with Crippen LogP contribution in [-0.2, 0) is 9.53 Å². The number of carbonyl (C=O) groups excluding carboxylic acids is 2. The number of hydrogen-bond acceptors (Lipinski definition) is 5. The van der Waals surface area contributed by atoms with E-state index in [0.717, 1.165) is 52.0 Å². The predicted molar refractivity (Wildman–Crippen MR) is 114 cm³/mol. The molecule has 1 aliphatic carbocycles. The van der Waals surface area contributed by atoms with Crippen molar-refractivity contribution >= 4 is 11.8 Å². The number of fused-ring (bicyclic) bond motifs is 1. The van der Waals surface area contributed by atoms with E-state index in [-0.39, 0.29) is 24.4 Å². The summed E-state index contributed by atoms with van der Waals surface area (Å²) in [4.78, 5) is 29.9. The summed E-state index contributed by atoms with van der Waals surface area (Å²) in [6.45, 7) is 7.94. The van der Waals surface area contributed by atoms with Crippen molar-refractivity contribution in [3.05, 3.63) is 29.8 Å². The minimum absolute atomic E-state index is 0.0426. The third-order valence-corrected chi connectivity index (χ3v) is 6.42. The maximum Gasteiger partial charge on any atom is 0.258 e. The molecule has 0 bridgehead atoms. The lowest BCUT2D eigenvalue weighted by molar-refractivity contribution is -0.122. The zero-order chi connectivity index (χ0) is 21.1. The van der Waals surface area contributed by atoms with Crippen LogP contribution in [0.4, 0.5) is 0 Å². The molecule has 1 aromatic carbocycles. The van der Waals surface area contributed by atoms with E-state index in [9.17, 15) is 9.59 Å². The van der Waals surface area contributed by atoms with Crippen LogP contribution in [0.5, 0.6) is 5.75 Å². The molecule has 1 saturated carbocycles. The van der Waals surface area contributed by atoms with E-state index in [4.69, 9.17) is 9.47 Å². The van der Waals surface area contributed by atoms with Crippen molar-refractivity contribution in [2.75, 3.05) is 39.4 Å². The molecule has 2 heterocycles. The summed E-state index contributed by atoms with van der Waals surface area (Å²) in [5, 5.41) is 2.90. The second-order valence-electron chi connectivity index (χ2n) is 9.04. The van der Waals surface area contributed by atoms with Gasteiger partial charge in [0.1, 0.15) is 17.9 Å². The van der Waals surface area contributed by atoms with Crippen LogP contribution in [0, 0.1) is 0 Å². The minimum Gasteiger partial charge on any atom is -0.485 e. The molecule has 30 heavy (non-hydrogen) atoms. The highest BCUT2D eigenvalue weighted by molar-refractivity contribution is 5.99. The molecule has 0 unspecified atom stereocenters. The molecule has 2 fully saturated rings. The van der Waals surface area contributed by atoms with Crippen LogP contribution in [0.3, 0.4) is 0 Å². The van der Waals surface area contributed by atoms with Crippen LogP contribution in [0.2, 0.25) is 0 Å². The van der Waals surface area contributed by atoms with Gasteiger partial charge in [-0.05, 0) is 51.7 Å². The number of nitrogens with zero attached hydrogens (tertiary/aromatic N) is 2. The number of rotatable bonds is 4. The van der Waals surface area contributed by atoms with Gasteiger partial charge in [-0.25, -0.2) is 0 Å². The average Bonchev–Trinajstić information content (AvgIpc) is 2.84. The molecule has 7 heteroatoms. The number of benzene rings is 1. The molecule has 2 amide bonds. The number of nitrogens with one attached hydrogen (secondary N) is 1. The lowest BCUT2D eigenvalue weighted by Gasteiger charge is -2.45. The van der Waals surface area contributed by atoms with E-state index < -0.39 is 5.60 Å². The fourth-order valence-corrected chi connectivity index (χ4v) is 4.95. The normalized spacial score (nSPS) is 27.5. The molecule has 1 spiro atoms. The minimum atomic E-state index is -0.441. The van der Waals surface area contributed by atoms with Crippen molar-refractivity contribution in [2.45, 2.75) is 57.2 Å². The van der Waals surface area contributed by atoms with Gasteiger partial charge >= 0.3 is 0 Å². The number of para-hydroxylation sites is 1. The van der Waals surface area contributed by atoms with Gasteiger partial charge in [-0.3, -0.25) is 14.5 Å². The largest absolute Gasteiger partial charge is 0.485 e. The molecular weight excluding hydrogens is 382 g/mol.